The first kappa shape index (κ1) is 50.5. The third-order valence-corrected chi connectivity index (χ3v) is 13.7. The number of hydrogen-bond donors (Lipinski definition) is 4. The summed E-state index contributed by atoms with van der Waals surface area (Å²) in [5, 5.41) is 15.7. The third kappa shape index (κ3) is 12.5. The predicted molar refractivity (Wildman–Crippen MR) is 233 cm³/mol. The Balaban J connectivity index is 1.45. The van der Waals surface area contributed by atoms with Gasteiger partial charge in [0.15, 0.2) is 0 Å². The molecule has 2 aliphatic heterocycles. The summed E-state index contributed by atoms with van der Waals surface area (Å²) in [6.45, 7) is 10.3. The highest BCUT2D eigenvalue weighted by molar-refractivity contribution is 5.93. The first-order valence-electron chi connectivity index (χ1n) is 22.7. The molecule has 2 bridgehead atoms. The maximum absolute atomic E-state index is 14.6. The molecule has 4 rings (SSSR count). The van der Waals surface area contributed by atoms with E-state index in [1.165, 1.54) is 14.2 Å². The van der Waals surface area contributed by atoms with Gasteiger partial charge in [-0.2, -0.15) is 0 Å². The highest BCUT2D eigenvalue weighted by Gasteiger charge is 2.52. The van der Waals surface area contributed by atoms with Crippen molar-refractivity contribution in [2.45, 2.75) is 160 Å². The number of carboxylic acid groups (broad SMARTS) is 1. The van der Waals surface area contributed by atoms with Gasteiger partial charge in [0, 0.05) is 46.7 Å². The molecular weight excluding hydrogens is 797 g/mol. The zero-order valence-corrected chi connectivity index (χ0v) is 38.3. The van der Waals surface area contributed by atoms with Crippen molar-refractivity contribution in [2.75, 3.05) is 34.4 Å². The minimum absolute atomic E-state index is 0.0187. The zero-order valence-electron chi connectivity index (χ0n) is 38.3. The van der Waals surface area contributed by atoms with Crippen LogP contribution in [0.2, 0.25) is 0 Å². The molecule has 0 aromatic heterocycles. The predicted octanol–water partition coefficient (Wildman–Crippen LogP) is 3.69. The van der Waals surface area contributed by atoms with Crippen molar-refractivity contribution in [3.05, 3.63) is 35.9 Å². The SMILES string of the molecule is CCC(C)C(C(CC(=O)N1CCC[C@H]1C(OC)C(C)C(=O)NC(Cc1ccccc1)C(=O)O)OC)N(C)C(=O)C(NC(=O)[C@@H]1[C@H]2CC[C@H](C2)N1C(=O)CCCCCON)C(C)C. The van der Waals surface area contributed by atoms with Crippen LogP contribution in [0.3, 0.4) is 0 Å². The van der Waals surface area contributed by atoms with Crippen molar-refractivity contribution < 1.29 is 48.2 Å². The van der Waals surface area contributed by atoms with Gasteiger partial charge in [-0.05, 0) is 68.3 Å². The fraction of sp³-hybridized carbons (Fsp3) is 0.739. The van der Waals surface area contributed by atoms with E-state index in [9.17, 15) is 33.9 Å². The molecule has 62 heavy (non-hydrogen) atoms. The maximum Gasteiger partial charge on any atom is 0.326 e. The molecule has 5 amide bonds. The van der Waals surface area contributed by atoms with Crippen molar-refractivity contribution in [2.24, 2.45) is 29.6 Å². The lowest BCUT2D eigenvalue weighted by Crippen LogP contribution is -2.60. The molecule has 16 nitrogen and oxygen atoms in total. The summed E-state index contributed by atoms with van der Waals surface area (Å²) in [6, 6.07) is 5.45. The number of methoxy groups -OCH3 is 2. The van der Waals surface area contributed by atoms with E-state index in [4.69, 9.17) is 15.4 Å². The van der Waals surface area contributed by atoms with Crippen LogP contribution >= 0.6 is 0 Å². The molecule has 3 aliphatic rings. The second-order valence-electron chi connectivity index (χ2n) is 18.1. The van der Waals surface area contributed by atoms with Gasteiger partial charge in [0.05, 0.1) is 43.2 Å². The number of carbonyl (C=O) groups excluding carboxylic acids is 5. The average molecular weight is 871 g/mol. The molecule has 2 saturated heterocycles. The molecule has 0 radical (unpaired) electrons. The fourth-order valence-electron chi connectivity index (χ4n) is 10.1. The maximum atomic E-state index is 14.6. The van der Waals surface area contributed by atoms with Gasteiger partial charge in [0.1, 0.15) is 18.1 Å². The van der Waals surface area contributed by atoms with Gasteiger partial charge >= 0.3 is 5.97 Å². The lowest BCUT2D eigenvalue weighted by molar-refractivity contribution is -0.149. The average Bonchev–Trinajstić information content (AvgIpc) is 4.03. The number of aliphatic carboxylic acids is 1. The number of nitrogens with zero attached hydrogens (tertiary/aromatic N) is 3. The Morgan fingerprint density at radius 3 is 2.26 bits per heavy atom. The van der Waals surface area contributed by atoms with Crippen LogP contribution in [0.5, 0.6) is 0 Å². The Hall–Kier alpha value is -4.12. The summed E-state index contributed by atoms with van der Waals surface area (Å²) in [4.78, 5) is 92.1. The van der Waals surface area contributed by atoms with E-state index in [0.29, 0.717) is 45.3 Å². The van der Waals surface area contributed by atoms with Crippen LogP contribution in [0.25, 0.3) is 0 Å². The Bertz CT molecular complexity index is 1650. The number of fused-ring (bicyclic) bond motifs is 2. The Kier molecular flexibility index (Phi) is 19.6. The van der Waals surface area contributed by atoms with E-state index in [-0.39, 0.29) is 60.3 Å². The molecule has 348 valence electrons. The molecule has 16 heteroatoms. The molecule has 7 unspecified atom stereocenters. The van der Waals surface area contributed by atoms with Gasteiger partial charge < -0.3 is 44.8 Å². The van der Waals surface area contributed by atoms with Crippen LogP contribution in [0.1, 0.15) is 111 Å². The molecule has 5 N–H and O–H groups in total. The van der Waals surface area contributed by atoms with Gasteiger partial charge in [0.25, 0.3) is 0 Å². The third-order valence-electron chi connectivity index (χ3n) is 13.7. The van der Waals surface area contributed by atoms with Crippen LogP contribution in [-0.2, 0) is 49.5 Å². The minimum Gasteiger partial charge on any atom is -0.480 e. The number of hydrogen-bond acceptors (Lipinski definition) is 10. The molecule has 1 saturated carbocycles. The number of carbonyl (C=O) groups is 6. The standard InChI is InChI=1S/C46H74N6O10/c1-9-29(4)40(50(6)45(57)39(28(2)3)49-44(56)41-32-21-22-33(26-32)52(41)37(53)20-14-11-15-24-62-47)36(60-7)27-38(54)51-23-16-19-35(51)42(61-8)30(5)43(55)48-34(46(58)59)25-31-17-12-10-13-18-31/h10,12-13,17-18,28-30,32-36,39-42H,9,11,14-16,19-27,47H2,1-8H3,(H,48,55)(H,49,56)(H,58,59)/t29?,30?,32-,33+,34?,35-,36?,39?,40?,41-,42?/m0/s1. The highest BCUT2D eigenvalue weighted by atomic mass is 16.6. The number of benzene rings is 1. The van der Waals surface area contributed by atoms with Crippen molar-refractivity contribution in [3.63, 3.8) is 0 Å². The van der Waals surface area contributed by atoms with Crippen LogP contribution in [0, 0.1) is 23.7 Å². The van der Waals surface area contributed by atoms with E-state index >= 15 is 0 Å². The number of ether oxygens (including phenoxy) is 2. The van der Waals surface area contributed by atoms with Crippen molar-refractivity contribution in [3.8, 4) is 0 Å². The number of likely N-dealkylation sites (tertiary alicyclic amines) is 2. The van der Waals surface area contributed by atoms with Crippen molar-refractivity contribution >= 4 is 35.5 Å². The summed E-state index contributed by atoms with van der Waals surface area (Å²) in [5.41, 5.74) is 0.775. The second kappa shape index (κ2) is 24.1. The summed E-state index contributed by atoms with van der Waals surface area (Å²) in [6.07, 6.45) is 5.66. The van der Waals surface area contributed by atoms with E-state index in [1.807, 2.05) is 58.0 Å². The molecule has 1 aromatic carbocycles. The van der Waals surface area contributed by atoms with Gasteiger partial charge in [-0.15, -0.1) is 0 Å². The molecule has 0 spiro atoms. The molecule has 1 aliphatic carbocycles. The number of nitrogens with two attached hydrogens (primary N) is 1. The lowest BCUT2D eigenvalue weighted by atomic mass is 9.89. The van der Waals surface area contributed by atoms with Gasteiger partial charge in [-0.25, -0.2) is 10.7 Å². The quantitative estimate of drug-likeness (QED) is 0.0823. The lowest BCUT2D eigenvalue weighted by Gasteiger charge is -2.41. The minimum atomic E-state index is -1.15. The molecule has 3 fully saturated rings. The van der Waals surface area contributed by atoms with E-state index in [2.05, 4.69) is 15.5 Å². The number of piperidine rings is 1. The smallest absolute Gasteiger partial charge is 0.326 e. The first-order chi connectivity index (χ1) is 29.6. The van der Waals surface area contributed by atoms with Crippen LogP contribution in [0.15, 0.2) is 30.3 Å². The van der Waals surface area contributed by atoms with Crippen molar-refractivity contribution in [1.82, 2.24) is 25.3 Å². The summed E-state index contributed by atoms with van der Waals surface area (Å²) >= 11 is 0. The number of nitrogens with one attached hydrogen (secondary N) is 2. The van der Waals surface area contributed by atoms with Crippen LogP contribution in [0.4, 0.5) is 0 Å². The highest BCUT2D eigenvalue weighted by Crippen LogP contribution is 2.43. The molecule has 2 heterocycles. The summed E-state index contributed by atoms with van der Waals surface area (Å²) < 4.78 is 11.9. The summed E-state index contributed by atoms with van der Waals surface area (Å²) in [5.74, 6) is 1.53. The Morgan fingerprint density at radius 2 is 1.65 bits per heavy atom. The monoisotopic (exact) mass is 871 g/mol. The second-order valence-corrected chi connectivity index (χ2v) is 18.1. The van der Waals surface area contributed by atoms with E-state index in [0.717, 1.165) is 37.7 Å². The number of unbranched alkanes of at least 4 members (excludes halogenated alkanes) is 2. The van der Waals surface area contributed by atoms with E-state index < -0.39 is 60.2 Å². The van der Waals surface area contributed by atoms with Crippen LogP contribution in [-0.4, -0.2) is 138 Å². The number of amides is 5. The van der Waals surface area contributed by atoms with Gasteiger partial charge in [0.2, 0.25) is 29.5 Å². The number of likely N-dealkylation sites (N-methyl/N-ethyl adjacent to an activating group) is 1. The first-order valence-corrected chi connectivity index (χ1v) is 22.7. The Labute approximate surface area is 368 Å². The largest absolute Gasteiger partial charge is 0.480 e. The molecular formula is C46H74N6O10. The zero-order chi connectivity index (χ0) is 45.7. The number of carboxylic acids is 1. The van der Waals surface area contributed by atoms with Crippen molar-refractivity contribution in [1.29, 1.82) is 0 Å². The normalized spacial score (nSPS) is 23.0. The summed E-state index contributed by atoms with van der Waals surface area (Å²) in [7, 11) is 4.72. The molecule has 1 aromatic rings. The fourth-order valence-corrected chi connectivity index (χ4v) is 10.1. The van der Waals surface area contributed by atoms with Gasteiger partial charge in [-0.1, -0.05) is 77.8 Å². The van der Waals surface area contributed by atoms with E-state index in [1.54, 1.807) is 28.7 Å². The topological polar surface area (TPSA) is 210 Å². The van der Waals surface area contributed by atoms with Gasteiger partial charge in [-0.3, -0.25) is 24.0 Å². The number of rotatable bonds is 25. The Morgan fingerprint density at radius 1 is 0.935 bits per heavy atom. The van der Waals surface area contributed by atoms with Crippen LogP contribution < -0.4 is 16.5 Å². The molecule has 11 atom stereocenters.